The Morgan fingerprint density at radius 3 is 2.22 bits per heavy atom. The van der Waals surface area contributed by atoms with Gasteiger partial charge in [0, 0.05) is 53.0 Å². The van der Waals surface area contributed by atoms with Crippen molar-refractivity contribution in [3.05, 3.63) is 95.2 Å². The lowest BCUT2D eigenvalue weighted by molar-refractivity contribution is 0.102. The Morgan fingerprint density at radius 1 is 0.781 bits per heavy atom. The number of nitrogens with zero attached hydrogens (tertiary/aromatic N) is 3. The molecule has 3 N–H and O–H groups in total. The van der Waals surface area contributed by atoms with Crippen molar-refractivity contribution in [3.8, 4) is 0 Å². The monoisotopic (exact) mass is 444 g/mol. The SMILES string of the molecule is Cc1cc(Nc2ccnc(NC(=O)c3ccc(Nc4ccnc(C)c4Cl)cc3)c2)ccn1. The summed E-state index contributed by atoms with van der Waals surface area (Å²) in [5.74, 6) is 0.200. The molecule has 3 heterocycles. The Balaban J connectivity index is 1.42. The van der Waals surface area contributed by atoms with E-state index in [4.69, 9.17) is 11.6 Å². The highest BCUT2D eigenvalue weighted by Crippen LogP contribution is 2.27. The summed E-state index contributed by atoms with van der Waals surface area (Å²) in [6.45, 7) is 3.77. The van der Waals surface area contributed by atoms with Gasteiger partial charge in [0.15, 0.2) is 0 Å². The van der Waals surface area contributed by atoms with Gasteiger partial charge in [-0.2, -0.15) is 0 Å². The van der Waals surface area contributed by atoms with Gasteiger partial charge in [-0.15, -0.1) is 0 Å². The lowest BCUT2D eigenvalue weighted by Crippen LogP contribution is -2.13. The van der Waals surface area contributed by atoms with Gasteiger partial charge in [-0.25, -0.2) is 4.98 Å². The molecule has 4 rings (SSSR count). The van der Waals surface area contributed by atoms with Crippen LogP contribution in [0.2, 0.25) is 5.02 Å². The Morgan fingerprint density at radius 2 is 1.47 bits per heavy atom. The summed E-state index contributed by atoms with van der Waals surface area (Å²) in [6.07, 6.45) is 5.07. The average Bonchev–Trinajstić information content (AvgIpc) is 2.78. The van der Waals surface area contributed by atoms with E-state index >= 15 is 0 Å². The van der Waals surface area contributed by atoms with Crippen molar-refractivity contribution >= 4 is 46.1 Å². The number of aryl methyl sites for hydroxylation is 2. The average molecular weight is 445 g/mol. The van der Waals surface area contributed by atoms with E-state index in [0.29, 0.717) is 16.4 Å². The quantitative estimate of drug-likeness (QED) is 0.344. The van der Waals surface area contributed by atoms with Crippen LogP contribution in [0.1, 0.15) is 21.7 Å². The third-order valence-electron chi connectivity index (χ3n) is 4.68. The van der Waals surface area contributed by atoms with Crippen molar-refractivity contribution in [2.45, 2.75) is 13.8 Å². The molecule has 0 atom stereocenters. The predicted octanol–water partition coefficient (Wildman–Crippen LogP) is 5.88. The minimum atomic E-state index is -0.251. The molecule has 8 heteroatoms. The number of anilines is 5. The number of pyridine rings is 3. The molecule has 7 nitrogen and oxygen atoms in total. The van der Waals surface area contributed by atoms with Crippen molar-refractivity contribution in [2.24, 2.45) is 0 Å². The molecule has 0 saturated carbocycles. The van der Waals surface area contributed by atoms with Crippen LogP contribution in [0.25, 0.3) is 0 Å². The van der Waals surface area contributed by atoms with Crippen LogP contribution in [-0.2, 0) is 0 Å². The van der Waals surface area contributed by atoms with Gasteiger partial charge in [0.25, 0.3) is 5.91 Å². The normalized spacial score (nSPS) is 10.5. The number of hydrogen-bond donors (Lipinski definition) is 3. The number of aromatic nitrogens is 3. The molecule has 0 aliphatic heterocycles. The van der Waals surface area contributed by atoms with Gasteiger partial charge in [0.1, 0.15) is 5.82 Å². The van der Waals surface area contributed by atoms with E-state index in [1.54, 1.807) is 42.9 Å². The molecule has 3 aromatic heterocycles. The number of halogens is 1. The van der Waals surface area contributed by atoms with Crippen LogP contribution in [0.3, 0.4) is 0 Å². The maximum absolute atomic E-state index is 12.7. The summed E-state index contributed by atoms with van der Waals surface area (Å²) >= 11 is 6.28. The first-order valence-electron chi connectivity index (χ1n) is 9.93. The van der Waals surface area contributed by atoms with Crippen molar-refractivity contribution in [1.82, 2.24) is 15.0 Å². The first kappa shape index (κ1) is 21.3. The number of benzene rings is 1. The van der Waals surface area contributed by atoms with Gasteiger partial charge in [-0.1, -0.05) is 11.6 Å². The number of rotatable bonds is 6. The summed E-state index contributed by atoms with van der Waals surface area (Å²) < 4.78 is 0. The number of nitrogens with one attached hydrogen (secondary N) is 3. The Bertz CT molecular complexity index is 1260. The highest BCUT2D eigenvalue weighted by Gasteiger charge is 2.09. The fourth-order valence-electron chi connectivity index (χ4n) is 3.06. The maximum atomic E-state index is 12.7. The van der Waals surface area contributed by atoms with E-state index in [0.717, 1.165) is 34.1 Å². The molecule has 32 heavy (non-hydrogen) atoms. The molecule has 1 aromatic carbocycles. The Hall–Kier alpha value is -3.97. The predicted molar refractivity (Wildman–Crippen MR) is 128 cm³/mol. The number of carbonyl (C=O) groups is 1. The first-order chi connectivity index (χ1) is 15.5. The minimum absolute atomic E-state index is 0.251. The third-order valence-corrected chi connectivity index (χ3v) is 5.15. The Labute approximate surface area is 190 Å². The van der Waals surface area contributed by atoms with Gasteiger partial charge < -0.3 is 16.0 Å². The molecule has 0 fully saturated rings. The van der Waals surface area contributed by atoms with Crippen LogP contribution in [0, 0.1) is 13.8 Å². The molecule has 160 valence electrons. The molecule has 0 bridgehead atoms. The summed E-state index contributed by atoms with van der Waals surface area (Å²) in [5.41, 5.74) is 5.46. The van der Waals surface area contributed by atoms with Crippen LogP contribution < -0.4 is 16.0 Å². The second-order valence-electron chi connectivity index (χ2n) is 7.16. The molecule has 0 radical (unpaired) electrons. The fourth-order valence-corrected chi connectivity index (χ4v) is 3.22. The molecular weight excluding hydrogens is 424 g/mol. The largest absolute Gasteiger partial charge is 0.355 e. The van der Waals surface area contributed by atoms with Gasteiger partial charge in [-0.3, -0.25) is 14.8 Å². The molecule has 0 spiro atoms. The summed E-state index contributed by atoms with van der Waals surface area (Å²) in [6, 6.07) is 16.3. The van der Waals surface area contributed by atoms with E-state index in [1.807, 2.05) is 44.2 Å². The van der Waals surface area contributed by atoms with Gasteiger partial charge >= 0.3 is 0 Å². The smallest absolute Gasteiger partial charge is 0.256 e. The van der Waals surface area contributed by atoms with Gasteiger partial charge in [0.05, 0.1) is 16.4 Å². The van der Waals surface area contributed by atoms with Crippen molar-refractivity contribution in [2.75, 3.05) is 16.0 Å². The van der Waals surface area contributed by atoms with Gasteiger partial charge in [-0.05, 0) is 62.4 Å². The number of amides is 1. The van der Waals surface area contributed by atoms with Crippen LogP contribution in [0.5, 0.6) is 0 Å². The second kappa shape index (κ2) is 9.45. The van der Waals surface area contributed by atoms with E-state index in [1.165, 1.54) is 0 Å². The zero-order valence-electron chi connectivity index (χ0n) is 17.6. The molecule has 0 unspecified atom stereocenters. The third kappa shape index (κ3) is 5.19. The zero-order chi connectivity index (χ0) is 22.5. The highest BCUT2D eigenvalue weighted by molar-refractivity contribution is 6.33. The van der Waals surface area contributed by atoms with E-state index in [-0.39, 0.29) is 5.91 Å². The first-order valence-corrected chi connectivity index (χ1v) is 10.3. The highest BCUT2D eigenvalue weighted by atomic mass is 35.5. The lowest BCUT2D eigenvalue weighted by Gasteiger charge is -2.11. The molecule has 1 amide bonds. The molecule has 0 saturated heterocycles. The van der Waals surface area contributed by atoms with E-state index in [2.05, 4.69) is 30.9 Å². The standard InChI is InChI=1S/C24H21ClN6O/c1-15-13-19(7-10-26-15)29-20-8-11-28-22(14-20)31-24(32)17-3-5-18(6-4-17)30-21-9-12-27-16(2)23(21)25/h3-14H,1-2H3,(H,27,30)(H2,26,28,29,31,32). The molecular formula is C24H21ClN6O. The minimum Gasteiger partial charge on any atom is -0.355 e. The topological polar surface area (TPSA) is 91.8 Å². The summed E-state index contributed by atoms with van der Waals surface area (Å²) in [4.78, 5) is 25.2. The summed E-state index contributed by atoms with van der Waals surface area (Å²) in [7, 11) is 0. The fraction of sp³-hybridized carbons (Fsp3) is 0.0833. The molecule has 0 aliphatic carbocycles. The van der Waals surface area contributed by atoms with Crippen molar-refractivity contribution < 1.29 is 4.79 Å². The van der Waals surface area contributed by atoms with E-state index in [9.17, 15) is 4.79 Å². The lowest BCUT2D eigenvalue weighted by atomic mass is 10.2. The molecule has 0 aliphatic rings. The number of hydrogen-bond acceptors (Lipinski definition) is 6. The Kier molecular flexibility index (Phi) is 6.28. The van der Waals surface area contributed by atoms with Crippen LogP contribution in [0.15, 0.2) is 73.2 Å². The van der Waals surface area contributed by atoms with Crippen LogP contribution >= 0.6 is 11.6 Å². The van der Waals surface area contributed by atoms with Crippen LogP contribution in [-0.4, -0.2) is 20.9 Å². The summed E-state index contributed by atoms with van der Waals surface area (Å²) in [5, 5.41) is 9.91. The second-order valence-corrected chi connectivity index (χ2v) is 7.53. The molecule has 4 aromatic rings. The van der Waals surface area contributed by atoms with E-state index < -0.39 is 0 Å². The zero-order valence-corrected chi connectivity index (χ0v) is 18.3. The maximum Gasteiger partial charge on any atom is 0.256 e. The van der Waals surface area contributed by atoms with Crippen LogP contribution in [0.4, 0.5) is 28.6 Å². The number of carbonyl (C=O) groups excluding carboxylic acids is 1. The van der Waals surface area contributed by atoms with Crippen molar-refractivity contribution in [3.63, 3.8) is 0 Å². The van der Waals surface area contributed by atoms with Gasteiger partial charge in [0.2, 0.25) is 0 Å². The van der Waals surface area contributed by atoms with Crippen molar-refractivity contribution in [1.29, 1.82) is 0 Å².